The van der Waals surface area contributed by atoms with Gasteiger partial charge in [-0.2, -0.15) is 4.98 Å². The van der Waals surface area contributed by atoms with Gasteiger partial charge in [0, 0.05) is 16.9 Å². The fourth-order valence-electron chi connectivity index (χ4n) is 3.48. The third-order valence-electron chi connectivity index (χ3n) is 5.25. The Balaban J connectivity index is 1.72. The van der Waals surface area contributed by atoms with E-state index >= 15 is 0 Å². The minimum absolute atomic E-state index is 0.0763. The Morgan fingerprint density at radius 2 is 2.07 bits per heavy atom. The van der Waals surface area contributed by atoms with E-state index in [2.05, 4.69) is 24.4 Å². The first-order chi connectivity index (χ1) is 13.4. The van der Waals surface area contributed by atoms with Crippen LogP contribution in [0, 0.1) is 13.8 Å². The standard InChI is InChI=1S/C21H28N4O2S/c1-14-7-5-9-17(15(14)2)22-19(26)13-28-20-16-8-6-10-18(16)25(21(27)23-20)12-11-24(3)4/h5,7,9H,6,8,10-13H2,1-4H3,(H,22,26)/p+1. The van der Waals surface area contributed by atoms with E-state index in [0.29, 0.717) is 6.54 Å². The number of rotatable bonds is 7. The highest BCUT2D eigenvalue weighted by Crippen LogP contribution is 2.29. The molecule has 0 aliphatic heterocycles. The molecule has 0 saturated heterocycles. The molecule has 1 aliphatic carbocycles. The molecule has 2 N–H and O–H groups in total. The SMILES string of the molecule is Cc1cccc(NC(=O)CSc2nc(=O)n(CC[NH+](C)C)c3c2CCC3)c1C. The normalized spacial score (nSPS) is 13.0. The maximum absolute atomic E-state index is 12.6. The van der Waals surface area contributed by atoms with Crippen molar-refractivity contribution in [3.63, 3.8) is 0 Å². The van der Waals surface area contributed by atoms with Crippen LogP contribution in [0.5, 0.6) is 0 Å². The summed E-state index contributed by atoms with van der Waals surface area (Å²) >= 11 is 1.37. The van der Waals surface area contributed by atoms with Crippen molar-refractivity contribution in [2.45, 2.75) is 44.7 Å². The van der Waals surface area contributed by atoms with Gasteiger partial charge in [0.1, 0.15) is 5.03 Å². The summed E-state index contributed by atoms with van der Waals surface area (Å²) in [5.41, 5.74) is 5.12. The van der Waals surface area contributed by atoms with Crippen LogP contribution in [-0.2, 0) is 24.2 Å². The fraction of sp³-hybridized carbons (Fsp3) is 0.476. The van der Waals surface area contributed by atoms with E-state index in [1.807, 2.05) is 36.6 Å². The van der Waals surface area contributed by atoms with E-state index in [4.69, 9.17) is 0 Å². The molecule has 0 atom stereocenters. The van der Waals surface area contributed by atoms with Gasteiger partial charge in [0.05, 0.1) is 32.9 Å². The van der Waals surface area contributed by atoms with Crippen LogP contribution in [0.15, 0.2) is 28.0 Å². The van der Waals surface area contributed by atoms with Crippen LogP contribution in [0.4, 0.5) is 5.69 Å². The zero-order valence-corrected chi connectivity index (χ0v) is 17.9. The molecular weight excluding hydrogens is 372 g/mol. The lowest BCUT2D eigenvalue weighted by atomic mass is 10.1. The molecule has 1 heterocycles. The minimum Gasteiger partial charge on any atom is -0.338 e. The van der Waals surface area contributed by atoms with E-state index in [1.54, 1.807) is 0 Å². The van der Waals surface area contributed by atoms with Crippen molar-refractivity contribution in [1.82, 2.24) is 9.55 Å². The fourth-order valence-corrected chi connectivity index (χ4v) is 4.36. The Kier molecular flexibility index (Phi) is 6.57. The Labute approximate surface area is 170 Å². The summed E-state index contributed by atoms with van der Waals surface area (Å²) < 4.78 is 1.83. The number of benzene rings is 1. The van der Waals surface area contributed by atoms with Gasteiger partial charge in [-0.25, -0.2) is 4.79 Å². The highest BCUT2D eigenvalue weighted by atomic mass is 32.2. The van der Waals surface area contributed by atoms with Gasteiger partial charge in [0.15, 0.2) is 0 Å². The Morgan fingerprint density at radius 1 is 1.29 bits per heavy atom. The summed E-state index contributed by atoms with van der Waals surface area (Å²) in [5, 5.41) is 3.70. The number of aromatic nitrogens is 2. The lowest BCUT2D eigenvalue weighted by Gasteiger charge is -2.15. The van der Waals surface area contributed by atoms with E-state index in [-0.39, 0.29) is 17.3 Å². The first kappa shape index (κ1) is 20.6. The van der Waals surface area contributed by atoms with Crippen LogP contribution in [0.2, 0.25) is 0 Å². The molecule has 28 heavy (non-hydrogen) atoms. The summed E-state index contributed by atoms with van der Waals surface area (Å²) in [6.45, 7) is 5.61. The van der Waals surface area contributed by atoms with E-state index in [0.717, 1.165) is 58.9 Å². The third kappa shape index (κ3) is 4.64. The summed E-state index contributed by atoms with van der Waals surface area (Å²) in [7, 11) is 4.16. The number of likely N-dealkylation sites (N-methyl/N-ethyl adjacent to an activating group) is 1. The molecule has 2 aromatic rings. The topological polar surface area (TPSA) is 68.4 Å². The van der Waals surface area contributed by atoms with E-state index < -0.39 is 0 Å². The van der Waals surface area contributed by atoms with Gasteiger partial charge in [-0.3, -0.25) is 9.36 Å². The molecule has 0 fully saturated rings. The number of aryl methyl sites for hydroxylation is 1. The predicted octanol–water partition coefficient (Wildman–Crippen LogP) is 1.22. The second-order valence-corrected chi connectivity index (χ2v) is 8.64. The second-order valence-electron chi connectivity index (χ2n) is 7.67. The van der Waals surface area contributed by atoms with Crippen molar-refractivity contribution < 1.29 is 9.69 Å². The van der Waals surface area contributed by atoms with Crippen molar-refractivity contribution in [3.8, 4) is 0 Å². The van der Waals surface area contributed by atoms with Gasteiger partial charge in [0.25, 0.3) is 0 Å². The molecule has 150 valence electrons. The predicted molar refractivity (Wildman–Crippen MR) is 113 cm³/mol. The van der Waals surface area contributed by atoms with Crippen LogP contribution >= 0.6 is 11.8 Å². The van der Waals surface area contributed by atoms with Crippen molar-refractivity contribution in [2.24, 2.45) is 0 Å². The Hall–Kier alpha value is -2.12. The molecule has 0 unspecified atom stereocenters. The van der Waals surface area contributed by atoms with Gasteiger partial charge in [-0.1, -0.05) is 23.9 Å². The van der Waals surface area contributed by atoms with Gasteiger partial charge in [0.2, 0.25) is 5.91 Å². The summed E-state index contributed by atoms with van der Waals surface area (Å²) in [4.78, 5) is 30.6. The number of nitrogens with one attached hydrogen (secondary N) is 2. The number of fused-ring (bicyclic) bond motifs is 1. The highest BCUT2D eigenvalue weighted by Gasteiger charge is 2.22. The Morgan fingerprint density at radius 3 is 2.82 bits per heavy atom. The van der Waals surface area contributed by atoms with Crippen LogP contribution in [0.1, 0.15) is 28.8 Å². The number of quaternary nitrogens is 1. The number of carbonyl (C=O) groups is 1. The zero-order valence-electron chi connectivity index (χ0n) is 17.1. The van der Waals surface area contributed by atoms with Crippen LogP contribution in [-0.4, -0.2) is 41.9 Å². The molecule has 0 bridgehead atoms. The molecule has 7 heteroatoms. The van der Waals surface area contributed by atoms with Crippen LogP contribution < -0.4 is 15.9 Å². The number of anilines is 1. The number of amides is 1. The third-order valence-corrected chi connectivity index (χ3v) is 6.27. The lowest BCUT2D eigenvalue weighted by molar-refractivity contribution is -0.859. The minimum atomic E-state index is -0.195. The molecule has 1 aliphatic rings. The first-order valence-corrected chi connectivity index (χ1v) is 10.8. The molecule has 0 saturated carbocycles. The van der Waals surface area contributed by atoms with Crippen LogP contribution in [0.25, 0.3) is 0 Å². The first-order valence-electron chi connectivity index (χ1n) is 9.77. The number of hydrogen-bond donors (Lipinski definition) is 2. The number of carbonyl (C=O) groups excluding carboxylic acids is 1. The van der Waals surface area contributed by atoms with Crippen molar-refractivity contribution in [3.05, 3.63) is 51.1 Å². The summed E-state index contributed by atoms with van der Waals surface area (Å²) in [6, 6.07) is 5.88. The maximum Gasteiger partial charge on any atom is 0.349 e. The molecular formula is C21H29N4O2S+. The maximum atomic E-state index is 12.6. The zero-order chi connectivity index (χ0) is 20.3. The van der Waals surface area contributed by atoms with E-state index in [1.165, 1.54) is 16.7 Å². The largest absolute Gasteiger partial charge is 0.349 e. The van der Waals surface area contributed by atoms with Gasteiger partial charge < -0.3 is 10.2 Å². The van der Waals surface area contributed by atoms with Crippen molar-refractivity contribution in [2.75, 3.05) is 31.7 Å². The number of thioether (sulfide) groups is 1. The monoisotopic (exact) mass is 401 g/mol. The molecule has 0 radical (unpaired) electrons. The van der Waals surface area contributed by atoms with E-state index in [9.17, 15) is 9.59 Å². The molecule has 6 nitrogen and oxygen atoms in total. The Bertz CT molecular complexity index is 937. The molecule has 0 spiro atoms. The molecule has 1 aromatic heterocycles. The van der Waals surface area contributed by atoms with Crippen molar-refractivity contribution in [1.29, 1.82) is 0 Å². The van der Waals surface area contributed by atoms with Crippen molar-refractivity contribution >= 4 is 23.4 Å². The highest BCUT2D eigenvalue weighted by molar-refractivity contribution is 8.00. The average molecular weight is 402 g/mol. The van der Waals surface area contributed by atoms with Gasteiger partial charge in [-0.05, 0) is 50.3 Å². The lowest BCUT2D eigenvalue weighted by Crippen LogP contribution is -3.06. The summed E-state index contributed by atoms with van der Waals surface area (Å²) in [6.07, 6.45) is 2.88. The number of nitrogens with zero attached hydrogens (tertiary/aromatic N) is 2. The molecule has 1 amide bonds. The van der Waals surface area contributed by atoms with Gasteiger partial charge >= 0.3 is 5.69 Å². The number of hydrogen-bond acceptors (Lipinski definition) is 4. The van der Waals surface area contributed by atoms with Gasteiger partial charge in [-0.15, -0.1) is 0 Å². The quantitative estimate of drug-likeness (QED) is 0.541. The van der Waals surface area contributed by atoms with Crippen LogP contribution in [0.3, 0.4) is 0 Å². The molecule has 1 aromatic carbocycles. The molecule has 3 rings (SSSR count). The average Bonchev–Trinajstić information content (AvgIpc) is 3.12. The second kappa shape index (κ2) is 8.92. The summed E-state index contributed by atoms with van der Waals surface area (Å²) in [5.74, 6) is 0.172. The smallest absolute Gasteiger partial charge is 0.338 e.